The number of pyridine rings is 1. The van der Waals surface area contributed by atoms with Crippen molar-refractivity contribution in [3.63, 3.8) is 0 Å². The maximum absolute atomic E-state index is 12.1. The number of anilines is 2. The molecule has 3 aromatic rings. The van der Waals surface area contributed by atoms with Gasteiger partial charge >= 0.3 is 0 Å². The lowest BCUT2D eigenvalue weighted by Gasteiger charge is -2.35. The molecule has 2 aromatic carbocycles. The van der Waals surface area contributed by atoms with Gasteiger partial charge in [-0.05, 0) is 42.0 Å². The van der Waals surface area contributed by atoms with E-state index in [2.05, 4.69) is 38.3 Å². The Bertz CT molecular complexity index is 924. The summed E-state index contributed by atoms with van der Waals surface area (Å²) >= 11 is 0. The normalized spacial score (nSPS) is 14.3. The molecule has 1 saturated heterocycles. The first-order chi connectivity index (χ1) is 14.8. The third-order valence-corrected chi connectivity index (χ3v) is 5.10. The number of carbonyl (C=O) groups excluding carboxylic acids is 1. The van der Waals surface area contributed by atoms with E-state index < -0.39 is 0 Å². The van der Waals surface area contributed by atoms with Gasteiger partial charge in [-0.1, -0.05) is 36.4 Å². The summed E-state index contributed by atoms with van der Waals surface area (Å²) in [6.07, 6.45) is 1.84. The maximum atomic E-state index is 12.1. The van der Waals surface area contributed by atoms with Gasteiger partial charge in [0.25, 0.3) is 5.91 Å². The highest BCUT2D eigenvalue weighted by molar-refractivity contribution is 5.91. The van der Waals surface area contributed by atoms with Crippen LogP contribution >= 0.6 is 0 Å². The fourth-order valence-corrected chi connectivity index (χ4v) is 3.49. The molecule has 1 N–H and O–H groups in total. The Morgan fingerprint density at radius 1 is 0.900 bits per heavy atom. The number of nitrogens with zero attached hydrogens (tertiary/aromatic N) is 3. The van der Waals surface area contributed by atoms with Crippen LogP contribution in [0.1, 0.15) is 5.56 Å². The molecule has 1 aliphatic heterocycles. The van der Waals surface area contributed by atoms with Gasteiger partial charge in [0.2, 0.25) is 0 Å². The Morgan fingerprint density at radius 3 is 2.33 bits per heavy atom. The molecule has 1 amide bonds. The van der Waals surface area contributed by atoms with Crippen LogP contribution in [0.25, 0.3) is 0 Å². The molecular formula is C24H26N4O2. The van der Waals surface area contributed by atoms with Gasteiger partial charge in [0.15, 0.2) is 6.61 Å². The van der Waals surface area contributed by atoms with Crippen molar-refractivity contribution < 1.29 is 9.53 Å². The number of hydrogen-bond donors (Lipinski definition) is 1. The number of ether oxygens (including phenoxy) is 1. The minimum atomic E-state index is -0.169. The smallest absolute Gasteiger partial charge is 0.262 e. The molecular weight excluding hydrogens is 376 g/mol. The number of hydrogen-bond acceptors (Lipinski definition) is 5. The number of aromatic nitrogens is 1. The van der Waals surface area contributed by atoms with E-state index in [4.69, 9.17) is 4.74 Å². The minimum absolute atomic E-state index is 0.00763. The molecule has 0 bridgehead atoms. The number of carbonyl (C=O) groups is 1. The Hall–Kier alpha value is -3.38. The van der Waals surface area contributed by atoms with E-state index in [1.807, 2.05) is 60.8 Å². The summed E-state index contributed by atoms with van der Waals surface area (Å²) in [5.41, 5.74) is 2.01. The molecule has 2 heterocycles. The van der Waals surface area contributed by atoms with Crippen LogP contribution in [0.15, 0.2) is 79.0 Å². The number of benzene rings is 2. The zero-order chi connectivity index (χ0) is 20.6. The zero-order valence-electron chi connectivity index (χ0n) is 16.9. The van der Waals surface area contributed by atoms with E-state index in [0.29, 0.717) is 5.75 Å². The molecule has 0 atom stereocenters. The van der Waals surface area contributed by atoms with Gasteiger partial charge < -0.3 is 15.0 Å². The molecule has 0 aliphatic carbocycles. The number of rotatable bonds is 7. The summed E-state index contributed by atoms with van der Waals surface area (Å²) in [5.74, 6) is 1.57. The first-order valence-electron chi connectivity index (χ1n) is 10.2. The highest BCUT2D eigenvalue weighted by Gasteiger charge is 2.17. The number of piperazine rings is 1. The van der Waals surface area contributed by atoms with Crippen molar-refractivity contribution in [1.82, 2.24) is 9.88 Å². The van der Waals surface area contributed by atoms with Crippen molar-refractivity contribution in [2.75, 3.05) is 43.0 Å². The summed E-state index contributed by atoms with van der Waals surface area (Å²) < 4.78 is 5.48. The van der Waals surface area contributed by atoms with Crippen molar-refractivity contribution in [2.24, 2.45) is 0 Å². The van der Waals surface area contributed by atoms with Crippen molar-refractivity contribution in [3.8, 4) is 5.75 Å². The van der Waals surface area contributed by atoms with Crippen LogP contribution in [0.4, 0.5) is 11.5 Å². The first kappa shape index (κ1) is 19.9. The van der Waals surface area contributed by atoms with Gasteiger partial charge in [-0.25, -0.2) is 4.98 Å². The van der Waals surface area contributed by atoms with Crippen molar-refractivity contribution >= 4 is 17.4 Å². The van der Waals surface area contributed by atoms with Crippen LogP contribution in [0.2, 0.25) is 0 Å². The van der Waals surface area contributed by atoms with Crippen LogP contribution < -0.4 is 15.0 Å². The second-order valence-corrected chi connectivity index (χ2v) is 7.30. The fraction of sp³-hybridized carbons (Fsp3) is 0.250. The lowest BCUT2D eigenvalue weighted by molar-refractivity contribution is -0.118. The molecule has 1 fully saturated rings. The van der Waals surface area contributed by atoms with Gasteiger partial charge in [0, 0.05) is 44.6 Å². The number of amides is 1. The van der Waals surface area contributed by atoms with Crippen LogP contribution in [-0.4, -0.2) is 48.6 Å². The van der Waals surface area contributed by atoms with Gasteiger partial charge in [-0.3, -0.25) is 9.69 Å². The van der Waals surface area contributed by atoms with E-state index in [0.717, 1.165) is 44.2 Å². The maximum Gasteiger partial charge on any atom is 0.262 e. The lowest BCUT2D eigenvalue weighted by atomic mass is 10.1. The molecule has 30 heavy (non-hydrogen) atoms. The summed E-state index contributed by atoms with van der Waals surface area (Å²) in [6.45, 7) is 4.87. The second kappa shape index (κ2) is 9.89. The monoisotopic (exact) mass is 402 g/mol. The molecule has 1 aliphatic rings. The molecule has 6 nitrogen and oxygen atoms in total. The zero-order valence-corrected chi connectivity index (χ0v) is 16.9. The standard InChI is InChI=1S/C24H26N4O2/c29-24(19-30-22-6-2-1-3-7-22)26-21-11-9-20(10-12-21)18-27-14-16-28(17-15-27)23-8-4-5-13-25-23/h1-13H,14-19H2,(H,26,29). The molecule has 4 rings (SSSR count). The van der Waals surface area contributed by atoms with E-state index in [1.54, 1.807) is 0 Å². The van der Waals surface area contributed by atoms with Crippen LogP contribution in [0.3, 0.4) is 0 Å². The lowest BCUT2D eigenvalue weighted by Crippen LogP contribution is -2.46. The Kier molecular flexibility index (Phi) is 6.57. The van der Waals surface area contributed by atoms with Crippen LogP contribution in [0.5, 0.6) is 5.75 Å². The summed E-state index contributed by atoms with van der Waals surface area (Å²) in [6, 6.07) is 23.4. The van der Waals surface area contributed by atoms with Gasteiger partial charge in [-0.15, -0.1) is 0 Å². The summed E-state index contributed by atoms with van der Waals surface area (Å²) in [4.78, 5) is 21.3. The summed E-state index contributed by atoms with van der Waals surface area (Å²) in [7, 11) is 0. The molecule has 0 radical (unpaired) electrons. The Balaban J connectivity index is 1.22. The molecule has 1 aromatic heterocycles. The highest BCUT2D eigenvalue weighted by Crippen LogP contribution is 2.16. The van der Waals surface area contributed by atoms with Crippen molar-refractivity contribution in [1.29, 1.82) is 0 Å². The Labute approximate surface area is 177 Å². The topological polar surface area (TPSA) is 57.7 Å². The average molecular weight is 402 g/mol. The third-order valence-electron chi connectivity index (χ3n) is 5.10. The molecule has 0 saturated carbocycles. The first-order valence-corrected chi connectivity index (χ1v) is 10.2. The molecule has 0 spiro atoms. The number of para-hydroxylation sites is 1. The summed E-state index contributed by atoms with van der Waals surface area (Å²) in [5, 5.41) is 2.88. The van der Waals surface area contributed by atoms with Gasteiger partial charge in [-0.2, -0.15) is 0 Å². The minimum Gasteiger partial charge on any atom is -0.484 e. The largest absolute Gasteiger partial charge is 0.484 e. The quantitative estimate of drug-likeness (QED) is 0.656. The third kappa shape index (κ3) is 5.58. The van der Waals surface area contributed by atoms with E-state index >= 15 is 0 Å². The molecule has 154 valence electrons. The fourth-order valence-electron chi connectivity index (χ4n) is 3.49. The van der Waals surface area contributed by atoms with Crippen LogP contribution in [-0.2, 0) is 11.3 Å². The van der Waals surface area contributed by atoms with E-state index in [9.17, 15) is 4.79 Å². The Morgan fingerprint density at radius 2 is 1.63 bits per heavy atom. The SMILES string of the molecule is O=C(COc1ccccc1)Nc1ccc(CN2CCN(c3ccccn3)CC2)cc1. The molecule has 6 heteroatoms. The van der Waals surface area contributed by atoms with E-state index in [1.165, 1.54) is 5.56 Å². The van der Waals surface area contributed by atoms with Crippen LogP contribution in [0, 0.1) is 0 Å². The highest BCUT2D eigenvalue weighted by atomic mass is 16.5. The van der Waals surface area contributed by atoms with Crippen molar-refractivity contribution in [3.05, 3.63) is 84.6 Å². The van der Waals surface area contributed by atoms with Gasteiger partial charge in [0.1, 0.15) is 11.6 Å². The van der Waals surface area contributed by atoms with E-state index in [-0.39, 0.29) is 12.5 Å². The number of nitrogens with one attached hydrogen (secondary N) is 1. The average Bonchev–Trinajstić information content (AvgIpc) is 2.81. The van der Waals surface area contributed by atoms with Crippen molar-refractivity contribution in [2.45, 2.75) is 6.54 Å². The second-order valence-electron chi connectivity index (χ2n) is 7.30. The van der Waals surface area contributed by atoms with Gasteiger partial charge in [0.05, 0.1) is 0 Å². The predicted octanol–water partition coefficient (Wildman–Crippen LogP) is 3.42. The predicted molar refractivity (Wildman–Crippen MR) is 119 cm³/mol. The molecule has 0 unspecified atom stereocenters.